The Morgan fingerprint density at radius 1 is 1.00 bits per heavy atom. The van der Waals surface area contributed by atoms with Crippen LogP contribution in [0.4, 0.5) is 0 Å². The molecule has 0 aromatic rings. The molecule has 0 heterocycles. The van der Waals surface area contributed by atoms with E-state index in [4.69, 9.17) is 4.74 Å². The van der Waals surface area contributed by atoms with Gasteiger partial charge in [0.25, 0.3) is 0 Å². The zero-order valence-corrected chi connectivity index (χ0v) is 10.6. The summed E-state index contributed by atoms with van der Waals surface area (Å²) in [5.74, 6) is 4.92. The fourth-order valence-corrected chi connectivity index (χ4v) is 1.28. The molecule has 0 unspecified atom stereocenters. The highest BCUT2D eigenvalue weighted by Crippen LogP contribution is 2.06. The van der Waals surface area contributed by atoms with E-state index in [2.05, 4.69) is 16.6 Å². The van der Waals surface area contributed by atoms with Gasteiger partial charge in [0, 0.05) is 20.0 Å². The lowest BCUT2D eigenvalue weighted by molar-refractivity contribution is -0.140. The molecule has 0 radical (unpaired) electrons. The highest BCUT2D eigenvalue weighted by Gasteiger charge is 2.00. The summed E-state index contributed by atoms with van der Waals surface area (Å²) in [6.45, 7) is 0.296. The van der Waals surface area contributed by atoms with Gasteiger partial charge in [0.2, 0.25) is 5.78 Å². The predicted octanol–water partition coefficient (Wildman–Crippen LogP) is 1.72. The van der Waals surface area contributed by atoms with Gasteiger partial charge >= 0.3 is 5.97 Å². The normalized spacial score (nSPS) is 9.29. The van der Waals surface area contributed by atoms with Crippen LogP contribution in [-0.4, -0.2) is 32.6 Å². The molecule has 96 valence electrons. The maximum absolute atomic E-state index is 11.2. The predicted molar refractivity (Wildman–Crippen MR) is 64.4 cm³/mol. The lowest BCUT2D eigenvalue weighted by atomic mass is 10.1. The fourth-order valence-electron chi connectivity index (χ4n) is 1.28. The molecule has 0 saturated carbocycles. The van der Waals surface area contributed by atoms with Gasteiger partial charge in [0.15, 0.2) is 0 Å². The van der Waals surface area contributed by atoms with E-state index in [9.17, 15) is 9.59 Å². The number of Topliss-reactive ketones (excluding diaryl/α,β-unsaturated/α-hetero) is 1. The van der Waals surface area contributed by atoms with Gasteiger partial charge in [-0.2, -0.15) is 0 Å². The molecule has 0 aliphatic rings. The van der Waals surface area contributed by atoms with E-state index in [1.165, 1.54) is 7.11 Å². The SMILES string of the molecule is COCC#CC(=O)CCCCCCC(=O)OC. The second kappa shape index (κ2) is 11.2. The monoisotopic (exact) mass is 240 g/mol. The molecule has 0 rings (SSSR count). The molecule has 0 bridgehead atoms. The van der Waals surface area contributed by atoms with Gasteiger partial charge in [-0.05, 0) is 18.8 Å². The molecule has 0 atom stereocenters. The topological polar surface area (TPSA) is 52.6 Å². The molecule has 0 aliphatic carbocycles. The van der Waals surface area contributed by atoms with E-state index in [-0.39, 0.29) is 11.8 Å². The minimum absolute atomic E-state index is 0.0463. The first-order valence-corrected chi connectivity index (χ1v) is 5.78. The first kappa shape index (κ1) is 15.7. The molecule has 0 saturated heterocycles. The van der Waals surface area contributed by atoms with Gasteiger partial charge in [-0.3, -0.25) is 9.59 Å². The van der Waals surface area contributed by atoms with Gasteiger partial charge in [-0.25, -0.2) is 0 Å². The standard InChI is InChI=1S/C13H20O4/c1-16-11-7-9-12(14)8-5-3-4-6-10-13(15)17-2/h3-6,8,10-11H2,1-2H3. The molecule has 0 aliphatic heterocycles. The number of carbonyl (C=O) groups excluding carboxylic acids is 2. The van der Waals surface area contributed by atoms with Crippen LogP contribution in [0.5, 0.6) is 0 Å². The summed E-state index contributed by atoms with van der Waals surface area (Å²) >= 11 is 0. The Bertz CT molecular complexity index is 286. The highest BCUT2D eigenvalue weighted by atomic mass is 16.5. The van der Waals surface area contributed by atoms with E-state index in [0.717, 1.165) is 25.7 Å². The Labute approximate surface area is 103 Å². The summed E-state index contributed by atoms with van der Waals surface area (Å²) in [6.07, 6.45) is 4.45. The zero-order chi connectivity index (χ0) is 12.9. The van der Waals surface area contributed by atoms with Crippen molar-refractivity contribution < 1.29 is 19.1 Å². The number of ketones is 1. The summed E-state index contributed by atoms with van der Waals surface area (Å²) in [6, 6.07) is 0. The van der Waals surface area contributed by atoms with Gasteiger partial charge in [-0.15, -0.1) is 0 Å². The van der Waals surface area contributed by atoms with Crippen LogP contribution in [0.1, 0.15) is 38.5 Å². The van der Waals surface area contributed by atoms with Crippen LogP contribution in [0, 0.1) is 11.8 Å². The molecule has 0 spiro atoms. The number of methoxy groups -OCH3 is 2. The Hall–Kier alpha value is -1.34. The smallest absolute Gasteiger partial charge is 0.305 e. The number of carbonyl (C=O) groups is 2. The Kier molecular flexibility index (Phi) is 10.3. The third-order valence-corrected chi connectivity index (χ3v) is 2.21. The van der Waals surface area contributed by atoms with Crippen molar-refractivity contribution in [2.24, 2.45) is 0 Å². The van der Waals surface area contributed by atoms with Crippen molar-refractivity contribution in [2.75, 3.05) is 20.8 Å². The summed E-state index contributed by atoms with van der Waals surface area (Å²) in [4.78, 5) is 22.0. The summed E-state index contributed by atoms with van der Waals surface area (Å²) in [7, 11) is 2.93. The van der Waals surface area contributed by atoms with E-state index in [0.29, 0.717) is 19.4 Å². The first-order chi connectivity index (χ1) is 8.20. The summed E-state index contributed by atoms with van der Waals surface area (Å²) in [5, 5.41) is 0. The minimum Gasteiger partial charge on any atom is -0.469 e. The van der Waals surface area contributed by atoms with Crippen molar-refractivity contribution in [2.45, 2.75) is 38.5 Å². The van der Waals surface area contributed by atoms with Crippen LogP contribution >= 0.6 is 0 Å². The van der Waals surface area contributed by atoms with Crippen molar-refractivity contribution in [3.63, 3.8) is 0 Å². The molecule has 17 heavy (non-hydrogen) atoms. The maximum atomic E-state index is 11.2. The van der Waals surface area contributed by atoms with Crippen molar-refractivity contribution in [1.82, 2.24) is 0 Å². The molecule has 0 N–H and O–H groups in total. The highest BCUT2D eigenvalue weighted by molar-refractivity contribution is 5.95. The Morgan fingerprint density at radius 3 is 2.24 bits per heavy atom. The zero-order valence-electron chi connectivity index (χ0n) is 10.6. The molecular formula is C13H20O4. The number of esters is 1. The average Bonchev–Trinajstić information content (AvgIpc) is 2.33. The number of unbranched alkanes of at least 4 members (excludes halogenated alkanes) is 3. The van der Waals surface area contributed by atoms with Crippen LogP contribution in [0.2, 0.25) is 0 Å². The lowest BCUT2D eigenvalue weighted by Gasteiger charge is -1.99. The molecule has 0 amide bonds. The summed E-state index contributed by atoms with van der Waals surface area (Å²) < 4.78 is 9.24. The molecule has 0 aromatic carbocycles. The van der Waals surface area contributed by atoms with Crippen molar-refractivity contribution in [3.8, 4) is 11.8 Å². The van der Waals surface area contributed by atoms with Crippen LogP contribution < -0.4 is 0 Å². The molecular weight excluding hydrogens is 220 g/mol. The number of hydrogen-bond donors (Lipinski definition) is 0. The van der Waals surface area contributed by atoms with Gasteiger partial charge < -0.3 is 9.47 Å². The number of ether oxygens (including phenoxy) is 2. The average molecular weight is 240 g/mol. The van der Waals surface area contributed by atoms with Gasteiger partial charge in [-0.1, -0.05) is 18.8 Å². The van der Waals surface area contributed by atoms with Crippen LogP contribution in [0.25, 0.3) is 0 Å². The van der Waals surface area contributed by atoms with Crippen LogP contribution in [0.15, 0.2) is 0 Å². The molecule has 0 aromatic heterocycles. The van der Waals surface area contributed by atoms with Crippen molar-refractivity contribution >= 4 is 11.8 Å². The van der Waals surface area contributed by atoms with E-state index in [1.807, 2.05) is 0 Å². The number of rotatable bonds is 8. The minimum atomic E-state index is -0.175. The Morgan fingerprint density at radius 2 is 1.65 bits per heavy atom. The summed E-state index contributed by atoms with van der Waals surface area (Å²) in [5.41, 5.74) is 0. The fraction of sp³-hybridized carbons (Fsp3) is 0.692. The Balaban J connectivity index is 3.37. The largest absolute Gasteiger partial charge is 0.469 e. The van der Waals surface area contributed by atoms with Gasteiger partial charge in [0.1, 0.15) is 6.61 Å². The first-order valence-electron chi connectivity index (χ1n) is 5.78. The van der Waals surface area contributed by atoms with E-state index < -0.39 is 0 Å². The molecule has 4 heteroatoms. The second-order valence-corrected chi connectivity index (χ2v) is 3.65. The maximum Gasteiger partial charge on any atom is 0.305 e. The number of hydrogen-bond acceptors (Lipinski definition) is 4. The third kappa shape index (κ3) is 10.9. The van der Waals surface area contributed by atoms with Gasteiger partial charge in [0.05, 0.1) is 7.11 Å². The van der Waals surface area contributed by atoms with E-state index >= 15 is 0 Å². The second-order valence-electron chi connectivity index (χ2n) is 3.65. The van der Waals surface area contributed by atoms with Crippen LogP contribution in [-0.2, 0) is 19.1 Å². The third-order valence-electron chi connectivity index (χ3n) is 2.21. The lowest BCUT2D eigenvalue weighted by Crippen LogP contribution is -1.99. The quantitative estimate of drug-likeness (QED) is 0.280. The van der Waals surface area contributed by atoms with E-state index in [1.54, 1.807) is 7.11 Å². The van der Waals surface area contributed by atoms with Crippen molar-refractivity contribution in [3.05, 3.63) is 0 Å². The molecule has 4 nitrogen and oxygen atoms in total. The van der Waals surface area contributed by atoms with Crippen LogP contribution in [0.3, 0.4) is 0 Å². The molecule has 0 fully saturated rings. The van der Waals surface area contributed by atoms with Crippen molar-refractivity contribution in [1.29, 1.82) is 0 Å².